The Hall–Kier alpha value is -3.14. The molecule has 4 heteroatoms. The van der Waals surface area contributed by atoms with Crippen molar-refractivity contribution in [2.24, 2.45) is 0 Å². The van der Waals surface area contributed by atoms with Crippen LogP contribution < -0.4 is 9.80 Å². The van der Waals surface area contributed by atoms with Crippen molar-refractivity contribution in [1.82, 2.24) is 0 Å². The molecule has 3 rings (SSSR count). The smallest absolute Gasteiger partial charge is 0.250 e. The third kappa shape index (κ3) is 3.91. The van der Waals surface area contributed by atoms with Crippen LogP contribution in [0.1, 0.15) is 12.8 Å². The number of likely N-dealkylation sites (N-methyl/N-ethyl adjacent to an activating group) is 2. The van der Waals surface area contributed by atoms with E-state index in [1.807, 2.05) is 60.7 Å². The van der Waals surface area contributed by atoms with Crippen LogP contribution in [0.2, 0.25) is 0 Å². The largest absolute Gasteiger partial charge is 0.312 e. The first-order valence-electron chi connectivity index (χ1n) is 8.63. The second-order valence-corrected chi connectivity index (χ2v) is 6.30. The van der Waals surface area contributed by atoms with Crippen LogP contribution in [-0.2, 0) is 9.59 Å². The Morgan fingerprint density at radius 3 is 1.35 bits per heavy atom. The van der Waals surface area contributed by atoms with Crippen LogP contribution >= 0.6 is 0 Å². The summed E-state index contributed by atoms with van der Waals surface area (Å²) in [5.74, 6) is -0.165. The Morgan fingerprint density at radius 2 is 1.04 bits per heavy atom. The molecule has 0 heterocycles. The Morgan fingerprint density at radius 1 is 0.692 bits per heavy atom. The molecule has 0 spiro atoms. The second kappa shape index (κ2) is 7.83. The van der Waals surface area contributed by atoms with Gasteiger partial charge in [0, 0.05) is 37.6 Å². The van der Waals surface area contributed by atoms with Crippen LogP contribution in [0.15, 0.2) is 84.0 Å². The highest BCUT2D eigenvalue weighted by Crippen LogP contribution is 2.33. The first-order valence-corrected chi connectivity index (χ1v) is 8.63. The van der Waals surface area contributed by atoms with Gasteiger partial charge in [0.2, 0.25) is 0 Å². The Bertz CT molecular complexity index is 781. The molecule has 0 saturated heterocycles. The summed E-state index contributed by atoms with van der Waals surface area (Å²) in [4.78, 5) is 28.1. The van der Waals surface area contributed by atoms with E-state index < -0.39 is 0 Å². The summed E-state index contributed by atoms with van der Waals surface area (Å²) in [7, 11) is 3.51. The number of carbonyl (C=O) groups is 2. The number of hydrogen-bond acceptors (Lipinski definition) is 2. The van der Waals surface area contributed by atoms with Crippen molar-refractivity contribution in [1.29, 1.82) is 0 Å². The monoisotopic (exact) mass is 346 g/mol. The number of allylic oxidation sites excluding steroid dienone is 2. The van der Waals surface area contributed by atoms with Crippen molar-refractivity contribution < 1.29 is 9.59 Å². The summed E-state index contributed by atoms with van der Waals surface area (Å²) >= 11 is 0. The number of carbonyl (C=O) groups excluding carboxylic acids is 2. The standard InChI is InChI=1S/C22H22N2O2/c1-23(19-9-5-3-6-10-19)21(25)15-17-13-14-18(17)16-22(26)24(2)20-11-7-4-8-12-20/h3-12,15-16H,13-14H2,1-2H3. The van der Waals surface area contributed by atoms with Gasteiger partial charge in [0.25, 0.3) is 11.8 Å². The quantitative estimate of drug-likeness (QED) is 0.786. The highest BCUT2D eigenvalue weighted by atomic mass is 16.2. The van der Waals surface area contributed by atoms with Crippen molar-refractivity contribution in [2.75, 3.05) is 23.9 Å². The number of amides is 2. The predicted molar refractivity (Wildman–Crippen MR) is 105 cm³/mol. The molecule has 4 nitrogen and oxygen atoms in total. The van der Waals surface area contributed by atoms with Crippen molar-refractivity contribution >= 4 is 23.2 Å². The van der Waals surface area contributed by atoms with Gasteiger partial charge in [0.05, 0.1) is 0 Å². The fraction of sp³-hybridized carbons (Fsp3) is 0.182. The molecular weight excluding hydrogens is 324 g/mol. The third-order valence-electron chi connectivity index (χ3n) is 4.62. The van der Waals surface area contributed by atoms with Crippen molar-refractivity contribution in [3.8, 4) is 0 Å². The molecule has 132 valence electrons. The van der Waals surface area contributed by atoms with Crippen LogP contribution in [0.4, 0.5) is 11.4 Å². The Labute approximate surface area is 154 Å². The maximum absolute atomic E-state index is 12.5. The predicted octanol–water partition coefficient (Wildman–Crippen LogP) is 3.96. The molecule has 2 amide bonds. The van der Waals surface area contributed by atoms with Gasteiger partial charge in [0.15, 0.2) is 0 Å². The molecule has 0 bridgehead atoms. The summed E-state index contributed by atoms with van der Waals surface area (Å²) in [6.07, 6.45) is 4.92. The molecule has 1 saturated carbocycles. The fourth-order valence-electron chi connectivity index (χ4n) is 2.79. The van der Waals surface area contributed by atoms with Gasteiger partial charge in [-0.1, -0.05) is 36.4 Å². The topological polar surface area (TPSA) is 40.6 Å². The van der Waals surface area contributed by atoms with Crippen LogP contribution in [0.25, 0.3) is 0 Å². The molecule has 0 atom stereocenters. The number of rotatable bonds is 4. The van der Waals surface area contributed by atoms with Crippen molar-refractivity contribution in [3.05, 3.63) is 84.0 Å². The van der Waals surface area contributed by atoms with E-state index in [0.717, 1.165) is 35.4 Å². The minimum atomic E-state index is -0.0827. The van der Waals surface area contributed by atoms with Gasteiger partial charge in [-0.2, -0.15) is 0 Å². The Kier molecular flexibility index (Phi) is 5.32. The van der Waals surface area contributed by atoms with E-state index in [-0.39, 0.29) is 11.8 Å². The molecule has 2 aromatic rings. The normalized spacial score (nSPS) is 16.2. The summed E-state index contributed by atoms with van der Waals surface area (Å²) < 4.78 is 0. The van der Waals surface area contributed by atoms with E-state index >= 15 is 0 Å². The first kappa shape index (κ1) is 17.7. The molecular formula is C22H22N2O2. The number of hydrogen-bond donors (Lipinski definition) is 0. The molecule has 1 fully saturated rings. The zero-order chi connectivity index (χ0) is 18.5. The molecule has 0 radical (unpaired) electrons. The molecule has 0 aliphatic heterocycles. The van der Waals surface area contributed by atoms with Crippen LogP contribution in [0.5, 0.6) is 0 Å². The molecule has 0 unspecified atom stereocenters. The maximum atomic E-state index is 12.5. The number of para-hydroxylation sites is 2. The number of benzene rings is 2. The second-order valence-electron chi connectivity index (χ2n) is 6.30. The van der Waals surface area contributed by atoms with E-state index in [4.69, 9.17) is 0 Å². The molecule has 0 N–H and O–H groups in total. The van der Waals surface area contributed by atoms with E-state index in [2.05, 4.69) is 0 Å². The van der Waals surface area contributed by atoms with Crippen LogP contribution in [-0.4, -0.2) is 25.9 Å². The SMILES string of the molecule is CN(C(=O)C=C1CCC1=CC(=O)N(C)c1ccccc1)c1ccccc1. The Balaban J connectivity index is 1.70. The molecule has 0 aromatic heterocycles. The lowest BCUT2D eigenvalue weighted by molar-refractivity contribution is -0.114. The highest BCUT2D eigenvalue weighted by molar-refractivity contribution is 6.04. The van der Waals surface area contributed by atoms with Crippen molar-refractivity contribution in [3.63, 3.8) is 0 Å². The van der Waals surface area contributed by atoms with Crippen LogP contribution in [0, 0.1) is 0 Å². The number of anilines is 2. The summed E-state index contributed by atoms with van der Waals surface area (Å²) in [5, 5.41) is 0. The molecule has 1 aliphatic carbocycles. The summed E-state index contributed by atoms with van der Waals surface area (Å²) in [6.45, 7) is 0. The zero-order valence-electron chi connectivity index (χ0n) is 15.1. The van der Waals surface area contributed by atoms with E-state index in [1.165, 1.54) is 0 Å². The average Bonchev–Trinajstić information content (AvgIpc) is 2.69. The van der Waals surface area contributed by atoms with Gasteiger partial charge in [-0.15, -0.1) is 0 Å². The minimum absolute atomic E-state index is 0.0827. The summed E-state index contributed by atoms with van der Waals surface area (Å²) in [6, 6.07) is 19.0. The van der Waals surface area contributed by atoms with Gasteiger partial charge in [0.1, 0.15) is 0 Å². The molecule has 1 aliphatic rings. The average molecular weight is 346 g/mol. The summed E-state index contributed by atoms with van der Waals surface area (Å²) in [5.41, 5.74) is 3.57. The lowest BCUT2D eigenvalue weighted by atomic mass is 9.84. The van der Waals surface area contributed by atoms with Gasteiger partial charge < -0.3 is 9.80 Å². The van der Waals surface area contributed by atoms with E-state index in [0.29, 0.717) is 0 Å². The number of nitrogens with zero attached hydrogens (tertiary/aromatic N) is 2. The van der Waals surface area contributed by atoms with Gasteiger partial charge in [-0.3, -0.25) is 9.59 Å². The van der Waals surface area contributed by atoms with Gasteiger partial charge in [-0.25, -0.2) is 0 Å². The van der Waals surface area contributed by atoms with Crippen LogP contribution in [0.3, 0.4) is 0 Å². The minimum Gasteiger partial charge on any atom is -0.312 e. The maximum Gasteiger partial charge on any atom is 0.250 e. The zero-order valence-corrected chi connectivity index (χ0v) is 15.1. The molecule has 26 heavy (non-hydrogen) atoms. The first-order chi connectivity index (χ1) is 12.6. The van der Waals surface area contributed by atoms with Gasteiger partial charge >= 0.3 is 0 Å². The molecule has 2 aromatic carbocycles. The fourth-order valence-corrected chi connectivity index (χ4v) is 2.79. The van der Waals surface area contributed by atoms with Gasteiger partial charge in [-0.05, 0) is 48.3 Å². The lowest BCUT2D eigenvalue weighted by Gasteiger charge is -2.24. The van der Waals surface area contributed by atoms with E-state index in [9.17, 15) is 9.59 Å². The van der Waals surface area contributed by atoms with Crippen molar-refractivity contribution in [2.45, 2.75) is 12.8 Å². The van der Waals surface area contributed by atoms with E-state index in [1.54, 1.807) is 36.0 Å². The highest BCUT2D eigenvalue weighted by Gasteiger charge is 2.21. The lowest BCUT2D eigenvalue weighted by Crippen LogP contribution is -2.26. The third-order valence-corrected chi connectivity index (χ3v) is 4.62.